The Hall–Kier alpha value is -9.44. The normalized spacial score (nSPS) is 12.0. The van der Waals surface area contributed by atoms with Crippen molar-refractivity contribution in [1.82, 2.24) is 0 Å². The third-order valence-electron chi connectivity index (χ3n) is 14.5. The highest BCUT2D eigenvalue weighted by Gasteiger charge is 2.24. The molecule has 2 unspecified atom stereocenters. The van der Waals surface area contributed by atoms with E-state index in [0.29, 0.717) is 0 Å². The van der Waals surface area contributed by atoms with E-state index in [1.807, 2.05) is 0 Å². The van der Waals surface area contributed by atoms with Gasteiger partial charge < -0.3 is 14.7 Å². The molecule has 74 heavy (non-hydrogen) atoms. The van der Waals surface area contributed by atoms with Crippen molar-refractivity contribution in [3.05, 3.63) is 320 Å². The SMILES string of the molecule is CC(c1ccccc1)C(c1ccccc1)c1ccc(N(c2ccc(-c3ccc(N(c4ccc(N(c5ccccc5)c5ccccc5)cc4)c4cccc5ccccc45)cc3)cc2)c2cccc3ccccc23)cc1. The summed E-state index contributed by atoms with van der Waals surface area (Å²) >= 11 is 0. The van der Waals surface area contributed by atoms with Gasteiger partial charge in [0.25, 0.3) is 0 Å². The van der Waals surface area contributed by atoms with Gasteiger partial charge in [-0.25, -0.2) is 0 Å². The molecule has 0 fully saturated rings. The predicted octanol–water partition coefficient (Wildman–Crippen LogP) is 20.0. The van der Waals surface area contributed by atoms with E-state index in [1.165, 1.54) is 38.2 Å². The van der Waals surface area contributed by atoms with Crippen LogP contribution in [-0.4, -0.2) is 0 Å². The standard InChI is InChI=1S/C71H55N3/c1-52(53-20-6-2-7-21-53)71(58-24-8-3-9-25-58)59-40-46-65(47-41-59)73(69-34-18-26-56-22-14-16-32-67(56)69)63-42-36-54(37-43-63)55-38-44-64(45-39-55)74(70-35-19-27-57-23-15-17-33-68(57)70)66-50-48-62(49-51-66)72(60-28-10-4-11-29-60)61-30-12-5-13-31-61/h2-52,71H,1H3. The van der Waals surface area contributed by atoms with Crippen LogP contribution in [0.25, 0.3) is 32.7 Å². The van der Waals surface area contributed by atoms with Crippen LogP contribution in [0, 0.1) is 0 Å². The van der Waals surface area contributed by atoms with Crippen LogP contribution in [0.15, 0.2) is 303 Å². The van der Waals surface area contributed by atoms with Crippen molar-refractivity contribution in [2.24, 2.45) is 0 Å². The first kappa shape index (κ1) is 45.7. The zero-order valence-electron chi connectivity index (χ0n) is 41.4. The highest BCUT2D eigenvalue weighted by Crippen LogP contribution is 2.45. The van der Waals surface area contributed by atoms with Crippen molar-refractivity contribution in [3.63, 3.8) is 0 Å². The van der Waals surface area contributed by atoms with E-state index in [9.17, 15) is 0 Å². The third kappa shape index (κ3) is 9.20. The average molecular weight is 950 g/mol. The van der Waals surface area contributed by atoms with E-state index in [4.69, 9.17) is 0 Å². The molecule has 0 aliphatic rings. The molecule has 12 aromatic rings. The second-order valence-corrected chi connectivity index (χ2v) is 19.0. The molecule has 3 heteroatoms. The van der Waals surface area contributed by atoms with Gasteiger partial charge in [0.1, 0.15) is 0 Å². The van der Waals surface area contributed by atoms with Crippen molar-refractivity contribution >= 4 is 72.7 Å². The predicted molar refractivity (Wildman–Crippen MR) is 314 cm³/mol. The van der Waals surface area contributed by atoms with E-state index in [0.717, 1.165) is 62.3 Å². The van der Waals surface area contributed by atoms with E-state index in [-0.39, 0.29) is 11.8 Å². The molecule has 12 aromatic carbocycles. The van der Waals surface area contributed by atoms with E-state index < -0.39 is 0 Å². The van der Waals surface area contributed by atoms with Crippen LogP contribution in [-0.2, 0) is 0 Å². The number of hydrogen-bond donors (Lipinski definition) is 0. The van der Waals surface area contributed by atoms with Crippen molar-refractivity contribution in [2.45, 2.75) is 18.8 Å². The summed E-state index contributed by atoms with van der Waals surface area (Å²) in [7, 11) is 0. The molecule has 0 bridgehead atoms. The van der Waals surface area contributed by atoms with Gasteiger partial charge in [0, 0.05) is 56.5 Å². The summed E-state index contributed by atoms with van der Waals surface area (Å²) in [5.41, 5.74) is 16.2. The first-order valence-corrected chi connectivity index (χ1v) is 25.6. The highest BCUT2D eigenvalue weighted by atomic mass is 15.2. The lowest BCUT2D eigenvalue weighted by molar-refractivity contribution is 0.657. The van der Waals surface area contributed by atoms with Gasteiger partial charge >= 0.3 is 0 Å². The maximum atomic E-state index is 2.41. The van der Waals surface area contributed by atoms with Crippen molar-refractivity contribution in [1.29, 1.82) is 0 Å². The zero-order valence-corrected chi connectivity index (χ0v) is 41.4. The summed E-state index contributed by atoms with van der Waals surface area (Å²) < 4.78 is 0. The van der Waals surface area contributed by atoms with Gasteiger partial charge in [-0.3, -0.25) is 0 Å². The topological polar surface area (TPSA) is 9.72 Å². The Bertz CT molecular complexity index is 3720. The lowest BCUT2D eigenvalue weighted by Gasteiger charge is -2.29. The fraction of sp³-hybridized carbons (Fsp3) is 0.0423. The van der Waals surface area contributed by atoms with Crippen LogP contribution < -0.4 is 14.7 Å². The number of hydrogen-bond acceptors (Lipinski definition) is 3. The summed E-state index contributed by atoms with van der Waals surface area (Å²) in [4.78, 5) is 7.09. The summed E-state index contributed by atoms with van der Waals surface area (Å²) in [5, 5.41) is 4.80. The molecule has 0 spiro atoms. The number of fused-ring (bicyclic) bond motifs is 2. The maximum absolute atomic E-state index is 2.41. The van der Waals surface area contributed by atoms with Crippen LogP contribution in [0.5, 0.6) is 0 Å². The molecular weight excluding hydrogens is 895 g/mol. The molecule has 354 valence electrons. The second kappa shape index (κ2) is 20.7. The minimum Gasteiger partial charge on any atom is -0.311 e. The molecule has 0 aliphatic heterocycles. The zero-order chi connectivity index (χ0) is 49.6. The van der Waals surface area contributed by atoms with E-state index >= 15 is 0 Å². The van der Waals surface area contributed by atoms with E-state index in [1.54, 1.807) is 0 Å². The fourth-order valence-corrected chi connectivity index (χ4v) is 10.8. The smallest absolute Gasteiger partial charge is 0.0540 e. The van der Waals surface area contributed by atoms with Crippen LogP contribution in [0.1, 0.15) is 35.4 Å². The molecule has 0 aliphatic carbocycles. The lowest BCUT2D eigenvalue weighted by Crippen LogP contribution is -2.12. The lowest BCUT2D eigenvalue weighted by atomic mass is 9.78. The Morgan fingerprint density at radius 1 is 0.230 bits per heavy atom. The van der Waals surface area contributed by atoms with Gasteiger partial charge in [0.05, 0.1) is 11.4 Å². The molecule has 0 heterocycles. The molecule has 0 amide bonds. The Morgan fingerprint density at radius 2 is 0.527 bits per heavy atom. The molecular formula is C71H55N3. The number of anilines is 9. The van der Waals surface area contributed by atoms with Gasteiger partial charge in [-0.15, -0.1) is 0 Å². The molecule has 3 nitrogen and oxygen atoms in total. The minimum absolute atomic E-state index is 0.194. The number of rotatable bonds is 14. The number of benzene rings is 12. The van der Waals surface area contributed by atoms with Gasteiger partial charge in [-0.1, -0.05) is 213 Å². The van der Waals surface area contributed by atoms with Gasteiger partial charge in [0.15, 0.2) is 0 Å². The summed E-state index contributed by atoms with van der Waals surface area (Å²) in [5.74, 6) is 0.477. The van der Waals surface area contributed by atoms with Gasteiger partial charge in [-0.05, 0) is 142 Å². The average Bonchev–Trinajstić information content (AvgIpc) is 3.48. The molecule has 0 aromatic heterocycles. The highest BCUT2D eigenvalue weighted by molar-refractivity contribution is 6.00. The number of para-hydroxylation sites is 2. The maximum Gasteiger partial charge on any atom is 0.0540 e. The second-order valence-electron chi connectivity index (χ2n) is 19.0. The largest absolute Gasteiger partial charge is 0.311 e. The van der Waals surface area contributed by atoms with Crippen LogP contribution in [0.4, 0.5) is 51.2 Å². The monoisotopic (exact) mass is 949 g/mol. The van der Waals surface area contributed by atoms with Crippen molar-refractivity contribution in [2.75, 3.05) is 14.7 Å². The summed E-state index contributed by atoms with van der Waals surface area (Å²) in [6.07, 6.45) is 0. The van der Waals surface area contributed by atoms with Gasteiger partial charge in [-0.2, -0.15) is 0 Å². The van der Waals surface area contributed by atoms with Gasteiger partial charge in [0.2, 0.25) is 0 Å². The van der Waals surface area contributed by atoms with E-state index in [2.05, 4.69) is 325 Å². The molecule has 2 atom stereocenters. The molecule has 0 saturated carbocycles. The number of nitrogens with zero attached hydrogens (tertiary/aromatic N) is 3. The molecule has 0 N–H and O–H groups in total. The molecule has 0 radical (unpaired) electrons. The van der Waals surface area contributed by atoms with Crippen LogP contribution in [0.2, 0.25) is 0 Å². The van der Waals surface area contributed by atoms with Crippen LogP contribution in [0.3, 0.4) is 0 Å². The summed E-state index contributed by atoms with van der Waals surface area (Å²) in [6, 6.07) is 110. The third-order valence-corrected chi connectivity index (χ3v) is 14.5. The molecule has 12 rings (SSSR count). The molecule has 0 saturated heterocycles. The first-order chi connectivity index (χ1) is 36.6. The Kier molecular flexibility index (Phi) is 12.8. The van der Waals surface area contributed by atoms with Crippen molar-refractivity contribution in [3.8, 4) is 11.1 Å². The quantitative estimate of drug-likeness (QED) is 0.108. The minimum atomic E-state index is 0.194. The summed E-state index contributed by atoms with van der Waals surface area (Å²) in [6.45, 7) is 2.35. The Balaban J connectivity index is 0.887. The fourth-order valence-electron chi connectivity index (χ4n) is 10.8. The first-order valence-electron chi connectivity index (χ1n) is 25.6. The Labute approximate surface area is 435 Å². The van der Waals surface area contributed by atoms with Crippen LogP contribution >= 0.6 is 0 Å². The Morgan fingerprint density at radius 3 is 0.959 bits per heavy atom. The van der Waals surface area contributed by atoms with Crippen molar-refractivity contribution < 1.29 is 0 Å².